The number of imidazole rings is 1. The lowest BCUT2D eigenvalue weighted by atomic mass is 9.91. The van der Waals surface area contributed by atoms with E-state index in [-0.39, 0.29) is 11.8 Å². The number of H-pyrrole nitrogens is 1. The van der Waals surface area contributed by atoms with Gasteiger partial charge < -0.3 is 10.3 Å². The summed E-state index contributed by atoms with van der Waals surface area (Å²) in [5.74, 6) is -0.490. The van der Waals surface area contributed by atoms with Gasteiger partial charge in [-0.25, -0.2) is 4.98 Å². The summed E-state index contributed by atoms with van der Waals surface area (Å²) in [5.41, 5.74) is 2.90. The van der Waals surface area contributed by atoms with E-state index in [4.69, 9.17) is 0 Å². The third-order valence-corrected chi connectivity index (χ3v) is 5.67. The zero-order valence-corrected chi connectivity index (χ0v) is 18.3. The summed E-state index contributed by atoms with van der Waals surface area (Å²) in [6.07, 6.45) is 10.7. The zero-order chi connectivity index (χ0) is 22.9. The van der Waals surface area contributed by atoms with Gasteiger partial charge in [-0.05, 0) is 34.7 Å². The molecule has 1 unspecified atom stereocenters. The number of aromatic nitrogens is 2. The Morgan fingerprint density at radius 1 is 1.00 bits per heavy atom. The zero-order valence-electron chi connectivity index (χ0n) is 18.3. The third kappa shape index (κ3) is 6.04. The summed E-state index contributed by atoms with van der Waals surface area (Å²) in [5, 5.41) is 5.16. The summed E-state index contributed by atoms with van der Waals surface area (Å²) in [6.45, 7) is 0. The number of hydrogen-bond acceptors (Lipinski definition) is 3. The first kappa shape index (κ1) is 22.2. The molecule has 1 radical (unpaired) electrons. The molecule has 0 aliphatic rings. The van der Waals surface area contributed by atoms with Crippen molar-refractivity contribution in [2.24, 2.45) is 5.92 Å². The van der Waals surface area contributed by atoms with Gasteiger partial charge in [-0.15, -0.1) is 0 Å². The second kappa shape index (κ2) is 11.0. The van der Waals surface area contributed by atoms with E-state index in [0.29, 0.717) is 25.0 Å². The van der Waals surface area contributed by atoms with Gasteiger partial charge in [-0.3, -0.25) is 9.59 Å². The van der Waals surface area contributed by atoms with Gasteiger partial charge in [0.05, 0.1) is 12.0 Å². The van der Waals surface area contributed by atoms with Crippen LogP contribution in [-0.2, 0) is 22.4 Å². The Morgan fingerprint density at radius 2 is 1.79 bits per heavy atom. The van der Waals surface area contributed by atoms with Gasteiger partial charge >= 0.3 is 0 Å². The lowest BCUT2D eigenvalue weighted by molar-refractivity contribution is -0.125. The Balaban J connectivity index is 1.53. The van der Waals surface area contributed by atoms with Crippen LogP contribution in [0, 0.1) is 5.92 Å². The Hall–Kier alpha value is -3.99. The lowest BCUT2D eigenvalue weighted by Gasteiger charge is -2.19. The second-order valence-electron chi connectivity index (χ2n) is 8.03. The first-order valence-electron chi connectivity index (χ1n) is 11.1. The molecule has 1 aromatic heterocycles. The molecule has 0 bridgehead atoms. The Morgan fingerprint density at radius 3 is 2.58 bits per heavy atom. The van der Waals surface area contributed by atoms with Crippen LogP contribution in [-0.4, -0.2) is 28.2 Å². The summed E-state index contributed by atoms with van der Waals surface area (Å²) in [6, 6.07) is 23.6. The van der Waals surface area contributed by atoms with Crippen molar-refractivity contribution in [3.63, 3.8) is 0 Å². The Bertz CT molecular complexity index is 1210. The number of hydrogen-bond donors (Lipinski definition) is 2. The van der Waals surface area contributed by atoms with Crippen molar-refractivity contribution < 1.29 is 9.59 Å². The van der Waals surface area contributed by atoms with Crippen LogP contribution in [0.1, 0.15) is 23.2 Å². The highest BCUT2D eigenvalue weighted by molar-refractivity contribution is 5.87. The van der Waals surface area contributed by atoms with Crippen LogP contribution in [0.4, 0.5) is 0 Å². The van der Waals surface area contributed by atoms with E-state index in [2.05, 4.69) is 39.6 Å². The predicted octanol–water partition coefficient (Wildman–Crippen LogP) is 4.66. The van der Waals surface area contributed by atoms with Crippen LogP contribution in [0.15, 0.2) is 91.4 Å². The van der Waals surface area contributed by atoms with Gasteiger partial charge in [0, 0.05) is 18.5 Å². The number of allylic oxidation sites excluding steroid dienone is 1. The van der Waals surface area contributed by atoms with Crippen LogP contribution in [0.5, 0.6) is 0 Å². The average Bonchev–Trinajstić information content (AvgIpc) is 3.37. The van der Waals surface area contributed by atoms with Gasteiger partial charge in [0.15, 0.2) is 0 Å². The molecule has 165 valence electrons. The molecule has 4 aromatic rings. The van der Waals surface area contributed by atoms with Crippen molar-refractivity contribution in [3.8, 4) is 0 Å². The summed E-state index contributed by atoms with van der Waals surface area (Å²) >= 11 is 0. The molecule has 5 heteroatoms. The molecule has 0 aliphatic carbocycles. The van der Waals surface area contributed by atoms with Crippen molar-refractivity contribution in [1.82, 2.24) is 15.3 Å². The molecule has 2 N–H and O–H groups in total. The fourth-order valence-electron chi connectivity index (χ4n) is 3.97. The van der Waals surface area contributed by atoms with Gasteiger partial charge in [-0.1, -0.05) is 84.9 Å². The predicted molar refractivity (Wildman–Crippen MR) is 131 cm³/mol. The lowest BCUT2D eigenvalue weighted by Crippen LogP contribution is -2.41. The molecule has 3 aromatic carbocycles. The Kier molecular flexibility index (Phi) is 7.44. The number of aromatic amines is 1. The molecule has 1 amide bonds. The monoisotopic (exact) mass is 436 g/mol. The standard InChI is InChI=1S/C28H26N3O2/c32-19-26(17-25-18-29-20-30-25)31-28(33)24(14-6-10-21-8-2-1-3-9-21)16-23-13-7-12-22-11-4-5-15-27(22)23/h1-13,15,18,20,24,26H,14,16-17H2,(H,29,30)(H,31,33)/t24?,26-/m0/s1. The molecule has 0 aliphatic heterocycles. The van der Waals surface area contributed by atoms with Crippen LogP contribution in [0.25, 0.3) is 16.8 Å². The number of nitrogens with one attached hydrogen (secondary N) is 2. The number of benzene rings is 3. The van der Waals surface area contributed by atoms with Crippen LogP contribution in [0.2, 0.25) is 0 Å². The van der Waals surface area contributed by atoms with Crippen LogP contribution in [0.3, 0.4) is 0 Å². The number of amides is 1. The summed E-state index contributed by atoms with van der Waals surface area (Å²) in [7, 11) is 0. The maximum atomic E-state index is 13.3. The highest BCUT2D eigenvalue weighted by Crippen LogP contribution is 2.23. The highest BCUT2D eigenvalue weighted by atomic mass is 16.2. The fourth-order valence-corrected chi connectivity index (χ4v) is 3.97. The van der Waals surface area contributed by atoms with Crippen LogP contribution >= 0.6 is 0 Å². The quantitative estimate of drug-likeness (QED) is 0.380. The maximum Gasteiger partial charge on any atom is 0.224 e. The molecular formula is C28H26N3O2. The van der Waals surface area contributed by atoms with Gasteiger partial charge in [0.2, 0.25) is 12.2 Å². The van der Waals surface area contributed by atoms with E-state index >= 15 is 0 Å². The van der Waals surface area contributed by atoms with Gasteiger partial charge in [0.25, 0.3) is 0 Å². The molecule has 4 rings (SSSR count). The average molecular weight is 437 g/mol. The van der Waals surface area contributed by atoms with Gasteiger partial charge in [-0.2, -0.15) is 0 Å². The highest BCUT2D eigenvalue weighted by Gasteiger charge is 2.22. The van der Waals surface area contributed by atoms with Crippen molar-refractivity contribution in [2.45, 2.75) is 25.3 Å². The smallest absolute Gasteiger partial charge is 0.224 e. The number of rotatable bonds is 10. The minimum Gasteiger partial charge on any atom is -0.351 e. The van der Waals surface area contributed by atoms with E-state index in [1.54, 1.807) is 12.5 Å². The number of fused-ring (bicyclic) bond motifs is 1. The van der Waals surface area contributed by atoms with Crippen molar-refractivity contribution in [1.29, 1.82) is 0 Å². The van der Waals surface area contributed by atoms with Crippen molar-refractivity contribution in [3.05, 3.63) is 108 Å². The van der Waals surface area contributed by atoms with E-state index in [9.17, 15) is 9.59 Å². The van der Waals surface area contributed by atoms with Gasteiger partial charge in [0.1, 0.15) is 6.04 Å². The number of nitrogens with zero attached hydrogens (tertiary/aromatic N) is 1. The normalized spacial score (nSPS) is 13.1. The molecule has 5 nitrogen and oxygen atoms in total. The summed E-state index contributed by atoms with van der Waals surface area (Å²) < 4.78 is 0. The number of carbonyl (C=O) groups excluding carboxylic acids is 2. The largest absolute Gasteiger partial charge is 0.351 e. The van der Waals surface area contributed by atoms with E-state index in [1.807, 2.05) is 67.0 Å². The molecule has 0 saturated heterocycles. The van der Waals surface area contributed by atoms with Crippen molar-refractivity contribution in [2.75, 3.05) is 0 Å². The van der Waals surface area contributed by atoms with Crippen molar-refractivity contribution >= 4 is 29.0 Å². The SMILES string of the molecule is O=[C][C@H](Cc1c[nH]cn1)NC(=O)C(CC=Cc1ccccc1)Cc1cccc2ccccc12. The third-order valence-electron chi connectivity index (χ3n) is 5.67. The van der Waals surface area contributed by atoms with E-state index in [1.165, 1.54) is 0 Å². The molecular weight excluding hydrogens is 410 g/mol. The van der Waals surface area contributed by atoms with Crippen LogP contribution < -0.4 is 5.32 Å². The molecule has 0 fully saturated rings. The minimum atomic E-state index is -0.742. The summed E-state index contributed by atoms with van der Waals surface area (Å²) in [4.78, 5) is 31.8. The first-order chi connectivity index (χ1) is 16.2. The maximum absolute atomic E-state index is 13.3. The molecule has 1 heterocycles. The second-order valence-corrected chi connectivity index (χ2v) is 8.03. The molecule has 0 saturated carbocycles. The molecule has 0 spiro atoms. The molecule has 2 atom stereocenters. The fraction of sp³-hybridized carbons (Fsp3) is 0.179. The topological polar surface area (TPSA) is 74.8 Å². The van der Waals surface area contributed by atoms with E-state index < -0.39 is 6.04 Å². The van der Waals surface area contributed by atoms with E-state index in [0.717, 1.165) is 21.9 Å². The first-order valence-corrected chi connectivity index (χ1v) is 11.1. The minimum absolute atomic E-state index is 0.162. The molecule has 33 heavy (non-hydrogen) atoms. The Labute approximate surface area is 193 Å². The number of carbonyl (C=O) groups is 1.